The Hall–Kier alpha value is -1.42. The second-order valence-corrected chi connectivity index (χ2v) is 5.53. The van der Waals surface area contributed by atoms with Crippen LogP contribution < -0.4 is 0 Å². The van der Waals surface area contributed by atoms with Crippen LogP contribution in [0, 0.1) is 11.3 Å². The Bertz CT molecular complexity index is 562. The topological polar surface area (TPSA) is 58.8 Å². The number of nitrogens with zero attached hydrogens (tertiary/aromatic N) is 3. The Labute approximate surface area is 114 Å². The molecule has 0 saturated carbocycles. The first-order valence-electron chi connectivity index (χ1n) is 5.31. The summed E-state index contributed by atoms with van der Waals surface area (Å²) in [7, 11) is 1.66. The summed E-state index contributed by atoms with van der Waals surface area (Å²) in [6.07, 6.45) is 0.728. The van der Waals surface area contributed by atoms with Gasteiger partial charge in [0.1, 0.15) is 5.82 Å². The fourth-order valence-electron chi connectivity index (χ4n) is 1.30. The molecule has 0 N–H and O–H groups in total. The zero-order valence-electron chi connectivity index (χ0n) is 9.79. The first kappa shape index (κ1) is 13.0. The molecular formula is C12H11N3OS2. The van der Waals surface area contributed by atoms with Gasteiger partial charge in [0.2, 0.25) is 0 Å². The average molecular weight is 277 g/mol. The van der Waals surface area contributed by atoms with Crippen molar-refractivity contribution < 1.29 is 4.74 Å². The van der Waals surface area contributed by atoms with Gasteiger partial charge in [0, 0.05) is 18.4 Å². The third kappa shape index (κ3) is 3.53. The molecule has 0 fully saturated rings. The standard InChI is InChI=1S/C12H11N3OS2/c1-16-6-5-11-14-12(18-15-11)17-10-4-2-3-9(7-10)8-13/h2-4,7H,5-6H2,1H3. The number of aromatic nitrogens is 2. The smallest absolute Gasteiger partial charge is 0.174 e. The highest BCUT2D eigenvalue weighted by atomic mass is 32.2. The zero-order valence-corrected chi connectivity index (χ0v) is 11.4. The van der Waals surface area contributed by atoms with Gasteiger partial charge in [-0.05, 0) is 29.7 Å². The Balaban J connectivity index is 2.04. The molecule has 2 aromatic rings. The van der Waals surface area contributed by atoms with Crippen molar-refractivity contribution in [1.82, 2.24) is 9.36 Å². The average Bonchev–Trinajstić information content (AvgIpc) is 2.84. The van der Waals surface area contributed by atoms with Crippen molar-refractivity contribution in [2.75, 3.05) is 13.7 Å². The molecule has 0 radical (unpaired) electrons. The van der Waals surface area contributed by atoms with Crippen molar-refractivity contribution in [3.05, 3.63) is 35.7 Å². The highest BCUT2D eigenvalue weighted by Crippen LogP contribution is 2.29. The SMILES string of the molecule is COCCc1nsc(Sc2cccc(C#N)c2)n1. The van der Waals surface area contributed by atoms with E-state index in [9.17, 15) is 0 Å². The normalized spacial score (nSPS) is 10.2. The van der Waals surface area contributed by atoms with Crippen LogP contribution in [0.2, 0.25) is 0 Å². The molecule has 0 aliphatic rings. The van der Waals surface area contributed by atoms with E-state index in [1.807, 2.05) is 18.2 Å². The van der Waals surface area contributed by atoms with Gasteiger partial charge in [-0.2, -0.15) is 9.64 Å². The summed E-state index contributed by atoms with van der Waals surface area (Å²) < 4.78 is 10.1. The molecule has 1 heterocycles. The first-order valence-corrected chi connectivity index (χ1v) is 6.90. The maximum atomic E-state index is 8.83. The number of hydrogen-bond donors (Lipinski definition) is 0. The maximum absolute atomic E-state index is 8.83. The van der Waals surface area contributed by atoms with Gasteiger partial charge in [0.15, 0.2) is 4.34 Å². The van der Waals surface area contributed by atoms with E-state index >= 15 is 0 Å². The lowest BCUT2D eigenvalue weighted by Gasteiger charge is -1.96. The van der Waals surface area contributed by atoms with Gasteiger partial charge >= 0.3 is 0 Å². The van der Waals surface area contributed by atoms with Gasteiger partial charge in [-0.15, -0.1) is 0 Å². The van der Waals surface area contributed by atoms with E-state index in [0.29, 0.717) is 12.2 Å². The third-order valence-corrected chi connectivity index (χ3v) is 3.93. The molecule has 92 valence electrons. The van der Waals surface area contributed by atoms with Gasteiger partial charge in [-0.3, -0.25) is 0 Å². The van der Waals surface area contributed by atoms with E-state index in [1.54, 1.807) is 13.2 Å². The van der Waals surface area contributed by atoms with Crippen molar-refractivity contribution >= 4 is 23.3 Å². The zero-order chi connectivity index (χ0) is 12.8. The molecule has 0 saturated heterocycles. The van der Waals surface area contributed by atoms with Crippen LogP contribution in [0.4, 0.5) is 0 Å². The van der Waals surface area contributed by atoms with E-state index in [-0.39, 0.29) is 0 Å². The molecule has 4 nitrogen and oxygen atoms in total. The largest absolute Gasteiger partial charge is 0.384 e. The fraction of sp³-hybridized carbons (Fsp3) is 0.250. The Morgan fingerprint density at radius 3 is 3.17 bits per heavy atom. The molecule has 18 heavy (non-hydrogen) atoms. The predicted molar refractivity (Wildman–Crippen MR) is 70.8 cm³/mol. The second kappa shape index (κ2) is 6.50. The highest BCUT2D eigenvalue weighted by molar-refractivity contribution is 8.01. The highest BCUT2D eigenvalue weighted by Gasteiger charge is 2.06. The molecule has 0 aliphatic carbocycles. The molecule has 0 amide bonds. The summed E-state index contributed by atoms with van der Waals surface area (Å²) in [5.74, 6) is 0.806. The summed E-state index contributed by atoms with van der Waals surface area (Å²) in [4.78, 5) is 5.41. The van der Waals surface area contributed by atoms with Crippen LogP contribution in [0.1, 0.15) is 11.4 Å². The fourth-order valence-corrected chi connectivity index (χ4v) is 3.00. The molecule has 0 atom stereocenters. The number of nitriles is 1. The molecule has 0 unspecified atom stereocenters. The summed E-state index contributed by atoms with van der Waals surface area (Å²) in [5, 5.41) is 8.83. The Morgan fingerprint density at radius 2 is 2.39 bits per heavy atom. The summed E-state index contributed by atoms with van der Waals surface area (Å²) in [5.41, 5.74) is 0.657. The van der Waals surface area contributed by atoms with E-state index < -0.39 is 0 Å². The first-order chi connectivity index (χ1) is 8.81. The quantitative estimate of drug-likeness (QED) is 0.841. The lowest BCUT2D eigenvalue weighted by molar-refractivity contribution is 0.200. The number of rotatable bonds is 5. The van der Waals surface area contributed by atoms with Crippen LogP contribution in [0.15, 0.2) is 33.5 Å². The lowest BCUT2D eigenvalue weighted by Crippen LogP contribution is -1.95. The van der Waals surface area contributed by atoms with Gasteiger partial charge in [-0.1, -0.05) is 17.8 Å². The minimum atomic E-state index is 0.630. The van der Waals surface area contributed by atoms with Crippen LogP contribution >= 0.6 is 23.3 Å². The van der Waals surface area contributed by atoms with Gasteiger partial charge in [-0.25, -0.2) is 4.98 Å². The number of methoxy groups -OCH3 is 1. The molecule has 0 spiro atoms. The van der Waals surface area contributed by atoms with Crippen LogP contribution in [0.5, 0.6) is 0 Å². The van der Waals surface area contributed by atoms with E-state index in [4.69, 9.17) is 10.00 Å². The molecular weight excluding hydrogens is 266 g/mol. The van der Waals surface area contributed by atoms with Crippen LogP contribution in [-0.2, 0) is 11.2 Å². The minimum absolute atomic E-state index is 0.630. The van der Waals surface area contributed by atoms with Crippen molar-refractivity contribution in [3.63, 3.8) is 0 Å². The van der Waals surface area contributed by atoms with E-state index in [0.717, 1.165) is 21.5 Å². The maximum Gasteiger partial charge on any atom is 0.174 e. The lowest BCUT2D eigenvalue weighted by atomic mass is 10.2. The van der Waals surface area contributed by atoms with Crippen molar-refractivity contribution in [2.45, 2.75) is 15.7 Å². The van der Waals surface area contributed by atoms with Crippen LogP contribution in [0.3, 0.4) is 0 Å². The van der Waals surface area contributed by atoms with Crippen molar-refractivity contribution in [1.29, 1.82) is 5.26 Å². The Morgan fingerprint density at radius 1 is 1.50 bits per heavy atom. The number of ether oxygens (including phenoxy) is 1. The molecule has 6 heteroatoms. The van der Waals surface area contributed by atoms with Gasteiger partial charge < -0.3 is 4.74 Å². The number of hydrogen-bond acceptors (Lipinski definition) is 6. The molecule has 2 rings (SSSR count). The Kier molecular flexibility index (Phi) is 4.70. The number of benzene rings is 1. The van der Waals surface area contributed by atoms with Gasteiger partial charge in [0.25, 0.3) is 0 Å². The second-order valence-electron chi connectivity index (χ2n) is 3.46. The van der Waals surface area contributed by atoms with Gasteiger partial charge in [0.05, 0.1) is 18.2 Å². The van der Waals surface area contributed by atoms with Crippen molar-refractivity contribution in [2.24, 2.45) is 0 Å². The minimum Gasteiger partial charge on any atom is -0.384 e. The van der Waals surface area contributed by atoms with E-state index in [1.165, 1.54) is 23.3 Å². The third-order valence-electron chi connectivity index (χ3n) is 2.15. The van der Waals surface area contributed by atoms with Crippen LogP contribution in [0.25, 0.3) is 0 Å². The molecule has 1 aromatic carbocycles. The van der Waals surface area contributed by atoms with Crippen molar-refractivity contribution in [3.8, 4) is 6.07 Å². The molecule has 0 bridgehead atoms. The predicted octanol–water partition coefficient (Wildman–Crippen LogP) is 2.75. The van der Waals surface area contributed by atoms with Crippen LogP contribution in [-0.4, -0.2) is 23.1 Å². The molecule has 0 aliphatic heterocycles. The molecule has 1 aromatic heterocycles. The summed E-state index contributed by atoms with van der Waals surface area (Å²) in [6, 6.07) is 9.59. The monoisotopic (exact) mass is 277 g/mol. The van der Waals surface area contributed by atoms with E-state index in [2.05, 4.69) is 15.4 Å². The summed E-state index contributed by atoms with van der Waals surface area (Å²) >= 11 is 2.90. The summed E-state index contributed by atoms with van der Waals surface area (Å²) in [6.45, 7) is 0.630.